The van der Waals surface area contributed by atoms with Gasteiger partial charge in [-0.2, -0.15) is 12.6 Å². The van der Waals surface area contributed by atoms with E-state index >= 15 is 0 Å². The van der Waals surface area contributed by atoms with Gasteiger partial charge in [-0.3, -0.25) is 9.97 Å². The minimum Gasteiger partial charge on any atom is -0.305 e. The molecular formula is C60H51N3S. The summed E-state index contributed by atoms with van der Waals surface area (Å²) in [6, 6.07) is 33.0. The van der Waals surface area contributed by atoms with Crippen LogP contribution in [0.1, 0.15) is 132 Å². The molecular weight excluding hydrogens is 795 g/mol. The molecule has 8 aliphatic carbocycles. The number of nitrogens with zero attached hydrogens (tertiary/aromatic N) is 3. The summed E-state index contributed by atoms with van der Waals surface area (Å²) in [6.45, 7) is 4.93. The van der Waals surface area contributed by atoms with Crippen LogP contribution in [0, 0.1) is 11.8 Å². The Morgan fingerprint density at radius 1 is 0.625 bits per heavy atom. The van der Waals surface area contributed by atoms with Gasteiger partial charge in [-0.15, -0.1) is 0 Å². The summed E-state index contributed by atoms with van der Waals surface area (Å²) in [5.74, 6) is 3.84. The van der Waals surface area contributed by atoms with E-state index in [1.807, 2.05) is 0 Å². The predicted octanol–water partition coefficient (Wildman–Crippen LogP) is 14.2. The summed E-state index contributed by atoms with van der Waals surface area (Å²) >= 11 is 4.64. The fourth-order valence-corrected chi connectivity index (χ4v) is 16.4. The molecule has 2 atom stereocenters. The first-order valence-corrected chi connectivity index (χ1v) is 25.2. The number of aromatic nitrogens is 3. The number of pyridine rings is 2. The van der Waals surface area contributed by atoms with Crippen molar-refractivity contribution in [3.63, 3.8) is 0 Å². The van der Waals surface area contributed by atoms with Gasteiger partial charge < -0.3 is 4.40 Å². The highest BCUT2D eigenvalue weighted by atomic mass is 32.1. The van der Waals surface area contributed by atoms with E-state index in [4.69, 9.17) is 9.97 Å². The average molecular weight is 846 g/mol. The van der Waals surface area contributed by atoms with Gasteiger partial charge in [0.1, 0.15) is 0 Å². The minimum absolute atomic E-state index is 0.122. The molecule has 312 valence electrons. The molecule has 0 saturated heterocycles. The van der Waals surface area contributed by atoms with Gasteiger partial charge in [0.05, 0.1) is 40.1 Å². The zero-order chi connectivity index (χ0) is 42.0. The van der Waals surface area contributed by atoms with Crippen molar-refractivity contribution >= 4 is 50.7 Å². The molecule has 2 unspecified atom stereocenters. The second-order valence-corrected chi connectivity index (χ2v) is 22.3. The third-order valence-corrected chi connectivity index (χ3v) is 18.8. The third-order valence-electron chi connectivity index (χ3n) is 18.5. The Hall–Kier alpha value is -5.45. The Kier molecular flexibility index (Phi) is 6.75. The second kappa shape index (κ2) is 12.1. The average Bonchev–Trinajstić information content (AvgIpc) is 4.00. The zero-order valence-corrected chi connectivity index (χ0v) is 37.7. The van der Waals surface area contributed by atoms with Crippen molar-refractivity contribution in [2.75, 3.05) is 5.75 Å². The van der Waals surface area contributed by atoms with Gasteiger partial charge in [0.25, 0.3) is 0 Å². The summed E-state index contributed by atoms with van der Waals surface area (Å²) in [5.41, 5.74) is 28.4. The van der Waals surface area contributed by atoms with E-state index in [0.29, 0.717) is 11.8 Å². The van der Waals surface area contributed by atoms with Crippen molar-refractivity contribution in [2.24, 2.45) is 11.8 Å². The lowest BCUT2D eigenvalue weighted by molar-refractivity contribution is 0.165. The van der Waals surface area contributed by atoms with Gasteiger partial charge in [0, 0.05) is 38.7 Å². The van der Waals surface area contributed by atoms with Crippen molar-refractivity contribution in [1.82, 2.24) is 14.4 Å². The molecule has 1 spiro atoms. The Morgan fingerprint density at radius 3 is 1.88 bits per heavy atom. The predicted molar refractivity (Wildman–Crippen MR) is 265 cm³/mol. The number of benzene rings is 5. The summed E-state index contributed by atoms with van der Waals surface area (Å²) in [7, 11) is 0. The topological polar surface area (TPSA) is 30.2 Å². The van der Waals surface area contributed by atoms with Crippen LogP contribution in [0.2, 0.25) is 0 Å². The highest BCUT2D eigenvalue weighted by Gasteiger charge is 2.54. The van der Waals surface area contributed by atoms with E-state index < -0.39 is 5.41 Å². The largest absolute Gasteiger partial charge is 0.305 e. The number of hydrogen-bond donors (Lipinski definition) is 1. The summed E-state index contributed by atoms with van der Waals surface area (Å²) in [5, 5.41) is 6.02. The summed E-state index contributed by atoms with van der Waals surface area (Å²) in [4.78, 5) is 11.4. The van der Waals surface area contributed by atoms with Crippen LogP contribution in [0.4, 0.5) is 0 Å². The number of hydrogen-bond acceptors (Lipinski definition) is 3. The molecule has 2 saturated carbocycles. The molecule has 0 radical (unpaired) electrons. The van der Waals surface area contributed by atoms with Gasteiger partial charge in [-0.1, -0.05) is 98.8 Å². The molecule has 4 heterocycles. The first kappa shape index (κ1) is 35.8. The van der Waals surface area contributed by atoms with Gasteiger partial charge in [-0.05, 0) is 177 Å². The van der Waals surface area contributed by atoms with E-state index in [0.717, 1.165) is 56.1 Å². The van der Waals surface area contributed by atoms with Crippen LogP contribution >= 0.6 is 12.6 Å². The lowest BCUT2D eigenvalue weighted by Gasteiger charge is -2.38. The van der Waals surface area contributed by atoms with Crippen LogP contribution in [0.5, 0.6) is 0 Å². The van der Waals surface area contributed by atoms with Crippen LogP contribution in [0.15, 0.2) is 97.3 Å². The molecule has 64 heavy (non-hydrogen) atoms. The zero-order valence-electron chi connectivity index (χ0n) is 36.8. The van der Waals surface area contributed by atoms with Crippen LogP contribution in [-0.4, -0.2) is 20.1 Å². The molecule has 2 fully saturated rings. The molecule has 0 amide bonds. The molecule has 4 aromatic heterocycles. The molecule has 0 N–H and O–H groups in total. The molecule has 4 heteroatoms. The monoisotopic (exact) mass is 845 g/mol. The van der Waals surface area contributed by atoms with E-state index in [1.54, 1.807) is 49.7 Å². The van der Waals surface area contributed by atoms with Crippen LogP contribution in [0.3, 0.4) is 0 Å². The van der Waals surface area contributed by atoms with E-state index in [9.17, 15) is 0 Å². The molecule has 4 bridgehead atoms. The minimum atomic E-state index is -0.481. The van der Waals surface area contributed by atoms with Crippen molar-refractivity contribution in [1.29, 1.82) is 0 Å². The number of fused-ring (bicyclic) bond motifs is 19. The Bertz CT molecular complexity index is 3530. The molecule has 8 aliphatic rings. The van der Waals surface area contributed by atoms with Gasteiger partial charge in [-0.25, -0.2) is 0 Å². The number of aryl methyl sites for hydroxylation is 4. The smallest absolute Gasteiger partial charge is 0.0898 e. The quantitative estimate of drug-likeness (QED) is 0.179. The van der Waals surface area contributed by atoms with E-state index in [1.165, 1.54) is 115 Å². The van der Waals surface area contributed by atoms with Gasteiger partial charge in [0.2, 0.25) is 0 Å². The highest BCUT2D eigenvalue weighted by molar-refractivity contribution is 7.80. The molecule has 5 aromatic carbocycles. The van der Waals surface area contributed by atoms with Crippen molar-refractivity contribution in [2.45, 2.75) is 107 Å². The number of rotatable bonds is 4. The molecule has 0 aliphatic heterocycles. The maximum atomic E-state index is 5.82. The Labute approximate surface area is 380 Å². The Balaban J connectivity index is 1.08. The fourth-order valence-electron chi connectivity index (χ4n) is 16.3. The third kappa shape index (κ3) is 4.09. The maximum Gasteiger partial charge on any atom is 0.0898 e. The standard InChI is InChI=1S/C60H51N3S/c1-59(2,20-9-21-64)37-27-33-16-18-41-50-42(19-17-34(28-37)48(33)50)52-55-47(63-46-29-61-56-36-25-31-22-32(26-36)24-35(23-31)49(56)54(46)51(41)57(52)63)30-62-58-53(55)40-12-5-8-15-45(40)60(58)43-13-6-3-10-38(43)39-11-4-7-14-44(39)60/h3-8,10-15,27-32,35-36,64H,9,16-26H2,1-2H3. The summed E-state index contributed by atoms with van der Waals surface area (Å²) in [6.07, 6.45) is 18.1. The van der Waals surface area contributed by atoms with Gasteiger partial charge in [0.15, 0.2) is 0 Å². The second-order valence-electron chi connectivity index (χ2n) is 21.9. The highest BCUT2D eigenvalue weighted by Crippen LogP contribution is 2.65. The first-order chi connectivity index (χ1) is 31.4. The van der Waals surface area contributed by atoms with Crippen LogP contribution < -0.4 is 0 Å². The van der Waals surface area contributed by atoms with E-state index in [-0.39, 0.29) is 5.41 Å². The van der Waals surface area contributed by atoms with Gasteiger partial charge >= 0.3 is 0 Å². The van der Waals surface area contributed by atoms with Crippen LogP contribution in [0.25, 0.3) is 71.5 Å². The Morgan fingerprint density at radius 2 is 1.20 bits per heavy atom. The number of thiol groups is 1. The lowest BCUT2D eigenvalue weighted by Crippen LogP contribution is -2.26. The lowest BCUT2D eigenvalue weighted by atomic mass is 9.67. The summed E-state index contributed by atoms with van der Waals surface area (Å²) < 4.78 is 2.70. The van der Waals surface area contributed by atoms with Crippen molar-refractivity contribution < 1.29 is 0 Å². The van der Waals surface area contributed by atoms with Crippen molar-refractivity contribution in [3.8, 4) is 33.4 Å². The van der Waals surface area contributed by atoms with Crippen molar-refractivity contribution in [3.05, 3.63) is 159 Å². The normalized spacial score (nSPS) is 22.4. The fraction of sp³-hybridized carbons (Fsp3) is 0.333. The molecule has 3 nitrogen and oxygen atoms in total. The SMILES string of the molecule is CC(C)(CCCS)c1cc2c3c(c1)CCc1c-3c(c3c4c5c(ncc4n4c6cnc7c(c6c1c34)C1CC3CC(CC7C3)C1)C1(c3ccccc3-c3ccccc31)c1ccccc1-5)CC2. The van der Waals surface area contributed by atoms with E-state index in [2.05, 4.69) is 128 Å². The first-order valence-electron chi connectivity index (χ1n) is 24.6. The van der Waals surface area contributed by atoms with Crippen LogP contribution in [-0.2, 0) is 36.5 Å². The molecule has 17 rings (SSSR count). The maximum absolute atomic E-state index is 5.82. The molecule has 9 aromatic rings.